The Bertz CT molecular complexity index is 1080. The van der Waals surface area contributed by atoms with Crippen LogP contribution in [0.25, 0.3) is 22.2 Å². The molecule has 0 radical (unpaired) electrons. The molecule has 0 atom stereocenters. The second-order valence-corrected chi connectivity index (χ2v) is 7.24. The van der Waals surface area contributed by atoms with E-state index in [4.69, 9.17) is 4.74 Å². The third-order valence-corrected chi connectivity index (χ3v) is 4.87. The normalized spacial score (nSPS) is 10.6. The molecule has 0 aliphatic rings. The summed E-state index contributed by atoms with van der Waals surface area (Å²) in [5.41, 5.74) is 2.73. The van der Waals surface area contributed by atoms with Crippen molar-refractivity contribution in [1.29, 1.82) is 5.26 Å². The molecular formula is C22H19BrFN3O2. The Balaban J connectivity index is 2.01. The predicted octanol–water partition coefficient (Wildman–Crippen LogP) is 5.43. The summed E-state index contributed by atoms with van der Waals surface area (Å²) in [6.45, 7) is 2.54. The summed E-state index contributed by atoms with van der Waals surface area (Å²) in [6.07, 6.45) is 0.788. The van der Waals surface area contributed by atoms with E-state index in [9.17, 15) is 14.4 Å². The molecule has 0 saturated carbocycles. The number of hydrogen-bond donors (Lipinski definition) is 1. The molecule has 0 saturated heterocycles. The van der Waals surface area contributed by atoms with Crippen LogP contribution in [0.2, 0.25) is 0 Å². The zero-order valence-electron chi connectivity index (χ0n) is 15.8. The Morgan fingerprint density at radius 1 is 1.28 bits per heavy atom. The van der Waals surface area contributed by atoms with Crippen LogP contribution in [-0.4, -0.2) is 24.1 Å². The van der Waals surface area contributed by atoms with Crippen molar-refractivity contribution < 1.29 is 13.9 Å². The minimum absolute atomic E-state index is 0.264. The smallest absolute Gasteiger partial charge is 0.305 e. The number of esters is 1. The fourth-order valence-corrected chi connectivity index (χ4v) is 3.29. The molecule has 0 amide bonds. The molecule has 3 aromatic rings. The van der Waals surface area contributed by atoms with E-state index in [1.165, 1.54) is 12.1 Å². The van der Waals surface area contributed by atoms with Crippen LogP contribution in [0, 0.1) is 17.1 Å². The number of rotatable bonds is 7. The highest BCUT2D eigenvalue weighted by molar-refractivity contribution is 9.10. The molecule has 29 heavy (non-hydrogen) atoms. The minimum atomic E-state index is -0.408. The number of halogens is 2. The average Bonchev–Trinajstić information content (AvgIpc) is 2.71. The van der Waals surface area contributed by atoms with Gasteiger partial charge in [-0.1, -0.05) is 28.1 Å². The molecule has 7 heteroatoms. The van der Waals surface area contributed by atoms with Gasteiger partial charge in [0.2, 0.25) is 0 Å². The van der Waals surface area contributed by atoms with Crippen LogP contribution in [0.5, 0.6) is 0 Å². The van der Waals surface area contributed by atoms with Gasteiger partial charge in [0.25, 0.3) is 0 Å². The second kappa shape index (κ2) is 9.48. The van der Waals surface area contributed by atoms with Crippen molar-refractivity contribution in [3.05, 3.63) is 58.3 Å². The number of benzene rings is 2. The van der Waals surface area contributed by atoms with Crippen LogP contribution in [0.4, 0.5) is 10.1 Å². The van der Waals surface area contributed by atoms with Crippen molar-refractivity contribution in [3.8, 4) is 17.3 Å². The van der Waals surface area contributed by atoms with Gasteiger partial charge in [0.05, 0.1) is 23.5 Å². The van der Waals surface area contributed by atoms with Gasteiger partial charge in [-0.25, -0.2) is 9.37 Å². The number of nitrogens with zero attached hydrogens (tertiary/aromatic N) is 2. The third-order valence-electron chi connectivity index (χ3n) is 4.34. The number of nitrogens with one attached hydrogen (secondary N) is 1. The van der Waals surface area contributed by atoms with Crippen LogP contribution >= 0.6 is 15.9 Å². The molecule has 0 aliphatic heterocycles. The van der Waals surface area contributed by atoms with Gasteiger partial charge in [0.15, 0.2) is 0 Å². The molecule has 1 aromatic heterocycles. The van der Waals surface area contributed by atoms with E-state index < -0.39 is 5.82 Å². The largest absolute Gasteiger partial charge is 0.466 e. The Kier molecular flexibility index (Phi) is 6.78. The maximum absolute atomic E-state index is 13.9. The van der Waals surface area contributed by atoms with Crippen LogP contribution in [0.3, 0.4) is 0 Å². The van der Waals surface area contributed by atoms with Crippen molar-refractivity contribution in [1.82, 2.24) is 4.98 Å². The average molecular weight is 456 g/mol. The zero-order valence-corrected chi connectivity index (χ0v) is 17.4. The van der Waals surface area contributed by atoms with Gasteiger partial charge in [-0.15, -0.1) is 0 Å². The van der Waals surface area contributed by atoms with Crippen LogP contribution < -0.4 is 5.32 Å². The summed E-state index contributed by atoms with van der Waals surface area (Å²) in [4.78, 5) is 16.1. The van der Waals surface area contributed by atoms with Crippen LogP contribution in [-0.2, 0) is 9.53 Å². The van der Waals surface area contributed by atoms with Gasteiger partial charge < -0.3 is 10.1 Å². The molecule has 1 heterocycles. The standard InChI is InChI=1S/C22H19BrFN3O2/c1-2-29-20(28)4-3-11-26-22-17-12-16(24)9-10-19(17)27-21(18(22)13-25)14-5-7-15(23)8-6-14/h5-10,12H,2-4,11H2,1H3,(H,26,27). The van der Waals surface area contributed by atoms with Gasteiger partial charge in [-0.05, 0) is 43.7 Å². The van der Waals surface area contributed by atoms with Gasteiger partial charge >= 0.3 is 5.97 Å². The third kappa shape index (κ3) is 4.90. The molecule has 0 spiro atoms. The number of pyridine rings is 1. The van der Waals surface area contributed by atoms with Crippen molar-refractivity contribution in [2.45, 2.75) is 19.8 Å². The Hall–Kier alpha value is -2.98. The highest BCUT2D eigenvalue weighted by Crippen LogP contribution is 2.34. The summed E-state index contributed by atoms with van der Waals surface area (Å²) in [7, 11) is 0. The lowest BCUT2D eigenvalue weighted by atomic mass is 10.0. The fraction of sp³-hybridized carbons (Fsp3) is 0.227. The van der Waals surface area contributed by atoms with E-state index in [0.29, 0.717) is 47.4 Å². The van der Waals surface area contributed by atoms with E-state index >= 15 is 0 Å². The SMILES string of the molecule is CCOC(=O)CCCNc1c(C#N)c(-c2ccc(Br)cc2)nc2ccc(F)cc12. The van der Waals surface area contributed by atoms with Crippen LogP contribution in [0.15, 0.2) is 46.9 Å². The lowest BCUT2D eigenvalue weighted by Crippen LogP contribution is -2.10. The van der Waals surface area contributed by atoms with E-state index in [1.807, 2.05) is 24.3 Å². The number of carbonyl (C=O) groups is 1. The van der Waals surface area contributed by atoms with Gasteiger partial charge in [0, 0.05) is 28.4 Å². The number of nitriles is 1. The molecule has 5 nitrogen and oxygen atoms in total. The van der Waals surface area contributed by atoms with E-state index in [0.717, 1.165) is 10.0 Å². The highest BCUT2D eigenvalue weighted by Gasteiger charge is 2.17. The molecule has 0 fully saturated rings. The summed E-state index contributed by atoms with van der Waals surface area (Å²) < 4.78 is 19.7. The molecule has 148 valence electrons. The first-order chi connectivity index (χ1) is 14.0. The lowest BCUT2D eigenvalue weighted by Gasteiger charge is -2.15. The van der Waals surface area contributed by atoms with Crippen molar-refractivity contribution in [2.24, 2.45) is 0 Å². The summed E-state index contributed by atoms with van der Waals surface area (Å²) in [6, 6.07) is 14.0. The topological polar surface area (TPSA) is 75.0 Å². The van der Waals surface area contributed by atoms with Crippen LogP contribution in [0.1, 0.15) is 25.3 Å². The minimum Gasteiger partial charge on any atom is -0.466 e. The molecule has 2 aromatic carbocycles. The molecule has 0 aliphatic carbocycles. The maximum Gasteiger partial charge on any atom is 0.305 e. The molecular weight excluding hydrogens is 437 g/mol. The monoisotopic (exact) mass is 455 g/mol. The number of aromatic nitrogens is 1. The number of carbonyl (C=O) groups excluding carboxylic acids is 1. The molecule has 0 bridgehead atoms. The molecule has 1 N–H and O–H groups in total. The lowest BCUT2D eigenvalue weighted by molar-refractivity contribution is -0.143. The predicted molar refractivity (Wildman–Crippen MR) is 114 cm³/mol. The van der Waals surface area contributed by atoms with Gasteiger partial charge in [0.1, 0.15) is 17.4 Å². The Morgan fingerprint density at radius 3 is 2.72 bits per heavy atom. The van der Waals surface area contributed by atoms with Gasteiger partial charge in [-0.3, -0.25) is 4.79 Å². The number of ether oxygens (including phenoxy) is 1. The first-order valence-electron chi connectivity index (χ1n) is 9.22. The quantitative estimate of drug-likeness (QED) is 0.379. The first-order valence-corrected chi connectivity index (χ1v) is 10.0. The van der Waals surface area contributed by atoms with Gasteiger partial charge in [-0.2, -0.15) is 5.26 Å². The Labute approximate surface area is 176 Å². The molecule has 0 unspecified atom stereocenters. The first kappa shape index (κ1) is 20.7. The molecule has 3 rings (SSSR count). The summed E-state index contributed by atoms with van der Waals surface area (Å²) >= 11 is 3.40. The summed E-state index contributed by atoms with van der Waals surface area (Å²) in [5.74, 6) is -0.676. The number of hydrogen-bond acceptors (Lipinski definition) is 5. The van der Waals surface area contributed by atoms with Crippen molar-refractivity contribution >= 4 is 38.5 Å². The van der Waals surface area contributed by atoms with Crippen molar-refractivity contribution in [2.75, 3.05) is 18.5 Å². The second-order valence-electron chi connectivity index (χ2n) is 6.33. The number of anilines is 1. The van der Waals surface area contributed by atoms with E-state index in [1.54, 1.807) is 13.0 Å². The fourth-order valence-electron chi connectivity index (χ4n) is 3.02. The number of fused-ring (bicyclic) bond motifs is 1. The zero-order chi connectivity index (χ0) is 20.8. The summed E-state index contributed by atoms with van der Waals surface area (Å²) in [5, 5.41) is 13.6. The van der Waals surface area contributed by atoms with E-state index in [-0.39, 0.29) is 12.4 Å². The maximum atomic E-state index is 13.9. The van der Waals surface area contributed by atoms with E-state index in [2.05, 4.69) is 32.3 Å². The van der Waals surface area contributed by atoms with Crippen molar-refractivity contribution in [3.63, 3.8) is 0 Å². The highest BCUT2D eigenvalue weighted by atomic mass is 79.9. The Morgan fingerprint density at radius 2 is 2.03 bits per heavy atom.